The van der Waals surface area contributed by atoms with Crippen molar-refractivity contribution in [3.05, 3.63) is 12.2 Å². The van der Waals surface area contributed by atoms with Crippen LogP contribution in [0.2, 0.25) is 0 Å². The highest BCUT2D eigenvalue weighted by molar-refractivity contribution is 5.94. The first-order chi connectivity index (χ1) is 8.39. The van der Waals surface area contributed by atoms with Crippen molar-refractivity contribution in [1.29, 1.82) is 0 Å². The topological polar surface area (TPSA) is 17.1 Å². The molecule has 2 nitrogen and oxygen atoms in total. The van der Waals surface area contributed by atoms with Crippen LogP contribution in [0.5, 0.6) is 0 Å². The lowest BCUT2D eigenvalue weighted by Gasteiger charge is -2.29. The maximum absolute atomic E-state index is 11.5. The molecule has 2 heteroatoms. The summed E-state index contributed by atoms with van der Waals surface area (Å²) in [5, 5.41) is 0. The first-order valence-electron chi connectivity index (χ1n) is 7.40. The summed E-state index contributed by atoms with van der Waals surface area (Å²) < 4.78 is 0.951. The number of quaternary nitrogens is 1. The Morgan fingerprint density at radius 2 is 1.56 bits per heavy atom. The summed E-state index contributed by atoms with van der Waals surface area (Å²) in [4.78, 5) is 11.5. The number of nitrogens with zero attached hydrogens (tertiary/aromatic N) is 1. The Balaban J connectivity index is 3.67. The van der Waals surface area contributed by atoms with Gasteiger partial charge in [0, 0.05) is 0 Å². The molecular weight excluding hydrogens is 222 g/mol. The number of unbranched alkanes of at least 4 members (excludes halogenated alkanes) is 5. The Morgan fingerprint density at radius 3 is 2.11 bits per heavy atom. The molecule has 0 aliphatic rings. The summed E-state index contributed by atoms with van der Waals surface area (Å²) in [6.45, 7) is 9.86. The number of Topliss-reactive ketones (excluding diaryl/α,β-unsaturated/α-hetero) is 1. The second kappa shape index (κ2) is 9.32. The zero-order chi connectivity index (χ0) is 14.0. The van der Waals surface area contributed by atoms with E-state index in [4.69, 9.17) is 0 Å². The van der Waals surface area contributed by atoms with Crippen molar-refractivity contribution in [3.8, 4) is 0 Å². The van der Waals surface area contributed by atoms with Crippen LogP contribution >= 0.6 is 0 Å². The van der Waals surface area contributed by atoms with Crippen molar-refractivity contribution in [3.63, 3.8) is 0 Å². The summed E-state index contributed by atoms with van der Waals surface area (Å²) >= 11 is 0. The van der Waals surface area contributed by atoms with Crippen LogP contribution in [0.3, 0.4) is 0 Å². The number of hydrogen-bond acceptors (Lipinski definition) is 1. The van der Waals surface area contributed by atoms with Crippen LogP contribution in [0.4, 0.5) is 0 Å². The number of allylic oxidation sites excluding steroid dienone is 1. The van der Waals surface area contributed by atoms with Gasteiger partial charge in [-0.3, -0.25) is 4.79 Å². The maximum Gasteiger partial charge on any atom is 0.163 e. The van der Waals surface area contributed by atoms with Crippen LogP contribution in [0, 0.1) is 0 Å². The van der Waals surface area contributed by atoms with Crippen LogP contribution in [0.25, 0.3) is 0 Å². The molecule has 0 rings (SSSR count). The van der Waals surface area contributed by atoms with Gasteiger partial charge in [-0.2, -0.15) is 0 Å². The van der Waals surface area contributed by atoms with Gasteiger partial charge in [0.1, 0.15) is 0 Å². The molecule has 0 spiro atoms. The molecule has 0 aliphatic heterocycles. The molecule has 0 saturated heterocycles. The fraction of sp³-hybridized carbons (Fsp3) is 0.812. The third-order valence-electron chi connectivity index (χ3n) is 3.54. The predicted molar refractivity (Wildman–Crippen MR) is 79.7 cm³/mol. The van der Waals surface area contributed by atoms with Crippen LogP contribution in [-0.4, -0.2) is 37.5 Å². The smallest absolute Gasteiger partial charge is 0.163 e. The van der Waals surface area contributed by atoms with Crippen molar-refractivity contribution in [2.24, 2.45) is 0 Å². The highest BCUT2D eigenvalue weighted by atomic mass is 16.1. The first kappa shape index (κ1) is 17.4. The normalized spacial score (nSPS) is 11.6. The molecule has 106 valence electrons. The summed E-state index contributed by atoms with van der Waals surface area (Å²) in [5.74, 6) is 0.212. The average Bonchev–Trinajstić information content (AvgIpc) is 2.30. The highest BCUT2D eigenvalue weighted by Gasteiger charge is 2.16. The molecule has 0 heterocycles. The minimum Gasteiger partial charge on any atom is -0.328 e. The fourth-order valence-electron chi connectivity index (χ4n) is 2.05. The number of carbonyl (C=O) groups is 1. The molecule has 0 bridgehead atoms. The monoisotopic (exact) mass is 254 g/mol. The van der Waals surface area contributed by atoms with Crippen LogP contribution in [0.1, 0.15) is 58.8 Å². The second-order valence-electron chi connectivity index (χ2n) is 6.10. The maximum atomic E-state index is 11.5. The van der Waals surface area contributed by atoms with Crippen molar-refractivity contribution in [2.75, 3.05) is 27.2 Å². The Morgan fingerprint density at radius 1 is 1.00 bits per heavy atom. The molecule has 0 aliphatic carbocycles. The average molecular weight is 254 g/mol. The number of carbonyl (C=O) groups excluding carboxylic acids is 1. The van der Waals surface area contributed by atoms with E-state index in [1.807, 2.05) is 0 Å². The van der Waals surface area contributed by atoms with E-state index >= 15 is 0 Å². The SMILES string of the molecule is C=C(C)C(=O)CC[N+](C)(C)CCCCCCCC. The van der Waals surface area contributed by atoms with E-state index in [2.05, 4.69) is 27.6 Å². The largest absolute Gasteiger partial charge is 0.328 e. The lowest BCUT2D eigenvalue weighted by atomic mass is 10.1. The summed E-state index contributed by atoms with van der Waals surface area (Å²) in [7, 11) is 4.44. The molecule has 0 aromatic heterocycles. The van der Waals surface area contributed by atoms with Crippen LogP contribution in [-0.2, 0) is 4.79 Å². The van der Waals surface area contributed by atoms with E-state index in [0.29, 0.717) is 12.0 Å². The molecule has 0 N–H and O–H groups in total. The molecule has 0 aromatic carbocycles. The second-order valence-corrected chi connectivity index (χ2v) is 6.10. The van der Waals surface area contributed by atoms with Gasteiger partial charge in [0.2, 0.25) is 0 Å². The quantitative estimate of drug-likeness (QED) is 0.310. The number of hydrogen-bond donors (Lipinski definition) is 0. The molecule has 18 heavy (non-hydrogen) atoms. The van der Waals surface area contributed by atoms with Crippen LogP contribution in [0.15, 0.2) is 12.2 Å². The van der Waals surface area contributed by atoms with E-state index in [0.717, 1.165) is 11.0 Å². The van der Waals surface area contributed by atoms with Gasteiger partial charge in [-0.25, -0.2) is 0 Å². The van der Waals surface area contributed by atoms with Crippen LogP contribution < -0.4 is 0 Å². The Bertz CT molecular complexity index is 256. The lowest BCUT2D eigenvalue weighted by Crippen LogP contribution is -2.42. The van der Waals surface area contributed by atoms with Crippen molar-refractivity contribution >= 4 is 5.78 Å². The van der Waals surface area contributed by atoms with Crippen molar-refractivity contribution in [2.45, 2.75) is 58.8 Å². The van der Waals surface area contributed by atoms with Gasteiger partial charge >= 0.3 is 0 Å². The van der Waals surface area contributed by atoms with Crippen molar-refractivity contribution < 1.29 is 9.28 Å². The van der Waals surface area contributed by atoms with Gasteiger partial charge in [-0.15, -0.1) is 0 Å². The molecule has 0 fully saturated rings. The van der Waals surface area contributed by atoms with Gasteiger partial charge in [-0.1, -0.05) is 39.2 Å². The highest BCUT2D eigenvalue weighted by Crippen LogP contribution is 2.09. The Kier molecular flexibility index (Phi) is 8.99. The standard InChI is InChI=1S/C16H32NO/c1-6-7-8-9-10-11-13-17(4,5)14-12-16(18)15(2)3/h2,6-14H2,1,3-5H3/q+1. The summed E-state index contributed by atoms with van der Waals surface area (Å²) in [6, 6.07) is 0. The zero-order valence-corrected chi connectivity index (χ0v) is 12.9. The minimum atomic E-state index is 0.212. The Labute approximate surface area is 114 Å². The van der Waals surface area contributed by atoms with Gasteiger partial charge in [0.15, 0.2) is 5.78 Å². The van der Waals surface area contributed by atoms with Gasteiger partial charge in [0.05, 0.1) is 33.6 Å². The van der Waals surface area contributed by atoms with Gasteiger partial charge in [-0.05, 0) is 25.3 Å². The molecule has 0 aromatic rings. The molecule has 0 amide bonds. The minimum absolute atomic E-state index is 0.212. The van der Waals surface area contributed by atoms with Gasteiger partial charge < -0.3 is 4.48 Å². The third kappa shape index (κ3) is 9.41. The molecule has 0 unspecified atom stereocenters. The van der Waals surface area contributed by atoms with E-state index in [1.54, 1.807) is 6.92 Å². The fourth-order valence-corrected chi connectivity index (χ4v) is 2.05. The zero-order valence-electron chi connectivity index (χ0n) is 12.9. The lowest BCUT2D eigenvalue weighted by molar-refractivity contribution is -0.889. The molecule has 0 radical (unpaired) electrons. The number of ketones is 1. The molecule has 0 atom stereocenters. The van der Waals surface area contributed by atoms with E-state index in [-0.39, 0.29) is 5.78 Å². The van der Waals surface area contributed by atoms with Gasteiger partial charge in [0.25, 0.3) is 0 Å². The summed E-state index contributed by atoms with van der Waals surface area (Å²) in [5.41, 5.74) is 0.689. The Hall–Kier alpha value is -0.630. The number of rotatable bonds is 11. The molecular formula is C16H32NO+. The summed E-state index contributed by atoms with van der Waals surface area (Å²) in [6.07, 6.45) is 8.65. The third-order valence-corrected chi connectivity index (χ3v) is 3.54. The van der Waals surface area contributed by atoms with E-state index in [9.17, 15) is 4.79 Å². The van der Waals surface area contributed by atoms with E-state index < -0.39 is 0 Å². The molecule has 0 saturated carbocycles. The van der Waals surface area contributed by atoms with Crippen molar-refractivity contribution in [1.82, 2.24) is 0 Å². The predicted octanol–water partition coefficient (Wildman–Crippen LogP) is 3.96. The van der Waals surface area contributed by atoms with E-state index in [1.165, 1.54) is 45.1 Å². The first-order valence-corrected chi connectivity index (χ1v) is 7.40.